The molecule has 14 heteroatoms. The van der Waals surface area contributed by atoms with Gasteiger partial charge < -0.3 is 62.5 Å². The summed E-state index contributed by atoms with van der Waals surface area (Å²) in [5, 5.41) is 36.5. The van der Waals surface area contributed by atoms with Crippen LogP contribution in [0.1, 0.15) is 0 Å². The minimum absolute atomic E-state index is 0. The molecule has 22 heavy (non-hydrogen) atoms. The second-order valence-electron chi connectivity index (χ2n) is 2.30. The number of carboxylic acid groups (broad SMARTS) is 4. The molecule has 0 aromatic carbocycles. The summed E-state index contributed by atoms with van der Waals surface area (Å²) >= 11 is 0. The number of carbonyl (C=O) groups is 4. The maximum atomic E-state index is 9.13. The zero-order chi connectivity index (χ0) is 17.1. The van der Waals surface area contributed by atoms with Crippen molar-refractivity contribution in [2.24, 2.45) is 22.9 Å². The summed E-state index contributed by atoms with van der Waals surface area (Å²) in [5.41, 5.74) is 18.0. The first-order valence-corrected chi connectivity index (χ1v) is 4.68. The molecule has 0 aliphatic rings. The predicted octanol–water partition coefficient (Wildman–Crippen LogP) is -9.23. The van der Waals surface area contributed by atoms with E-state index in [2.05, 4.69) is 22.9 Å². The van der Waals surface area contributed by atoms with Gasteiger partial charge in [0.2, 0.25) is 0 Å². The van der Waals surface area contributed by atoms with Gasteiger partial charge in [-0.05, 0) is 0 Å². The maximum absolute atomic E-state index is 9.13. The van der Waals surface area contributed by atoms with E-state index in [1.54, 1.807) is 0 Å². The van der Waals surface area contributed by atoms with Gasteiger partial charge in [-0.1, -0.05) is 0 Å². The number of aliphatic carboxylic acids is 4. The Morgan fingerprint density at radius 1 is 0.500 bits per heavy atom. The third-order valence-electron chi connectivity index (χ3n) is 0.667. The van der Waals surface area contributed by atoms with E-state index in [4.69, 9.17) is 39.6 Å². The number of carboxylic acids is 4. The summed E-state index contributed by atoms with van der Waals surface area (Å²) < 4.78 is 0. The fraction of sp³-hybridized carbons (Fsp3) is 0.500. The van der Waals surface area contributed by atoms with Crippen molar-refractivity contribution in [2.75, 3.05) is 26.2 Å². The van der Waals surface area contributed by atoms with Gasteiger partial charge in [0.15, 0.2) is 0 Å². The van der Waals surface area contributed by atoms with Crippen LogP contribution in [0.25, 0.3) is 0 Å². The minimum Gasteiger partial charge on any atom is -0.549 e. The Morgan fingerprint density at radius 2 is 0.545 bits per heavy atom. The van der Waals surface area contributed by atoms with Crippen LogP contribution in [0.15, 0.2) is 0 Å². The van der Waals surface area contributed by atoms with Crippen LogP contribution in [0.2, 0.25) is 0 Å². The van der Waals surface area contributed by atoms with Crippen molar-refractivity contribution in [3.63, 3.8) is 0 Å². The van der Waals surface area contributed by atoms with Gasteiger partial charge in [0.1, 0.15) is 0 Å². The molecule has 0 aliphatic carbocycles. The molecule has 0 heterocycles. The number of nitrogens with two attached hydrogens (primary N) is 4. The number of hydrogen-bond acceptors (Lipinski definition) is 12. The van der Waals surface area contributed by atoms with Crippen molar-refractivity contribution in [3.8, 4) is 0 Å². The molecule has 0 aromatic rings. The molecule has 0 bridgehead atoms. The number of hydrogen-bond donors (Lipinski definition) is 4. The van der Waals surface area contributed by atoms with Crippen LogP contribution in [0.3, 0.4) is 0 Å². The van der Waals surface area contributed by atoms with Crippen LogP contribution in [-0.2, 0) is 53.3 Å². The van der Waals surface area contributed by atoms with E-state index in [0.717, 1.165) is 0 Å². The molecule has 12 nitrogen and oxygen atoms in total. The summed E-state index contributed by atoms with van der Waals surface area (Å²) in [5.74, 6) is -4.87. The summed E-state index contributed by atoms with van der Waals surface area (Å²) in [7, 11) is 0. The fourth-order valence-electron chi connectivity index (χ4n) is 0. The first-order chi connectivity index (χ1) is 9.08. The van der Waals surface area contributed by atoms with Gasteiger partial charge in [0, 0.05) is 26.2 Å². The summed E-state index contributed by atoms with van der Waals surface area (Å²) in [4.78, 5) is 36.5. The van der Waals surface area contributed by atoms with E-state index in [0.29, 0.717) is 0 Å². The monoisotopic (exact) mass is 406 g/mol. The van der Waals surface area contributed by atoms with E-state index < -0.39 is 23.9 Å². The molecular weight excluding hydrogens is 390 g/mol. The zero-order valence-corrected chi connectivity index (χ0v) is 13.5. The van der Waals surface area contributed by atoms with Crippen LogP contribution in [0.5, 0.6) is 0 Å². The summed E-state index contributed by atoms with van der Waals surface area (Å²) in [6.45, 7) is -1.56. The Morgan fingerprint density at radius 3 is 0.545 bits per heavy atom. The number of rotatable bonds is 4. The molecule has 0 spiro atoms. The first kappa shape index (κ1) is 37.2. The third kappa shape index (κ3) is 130. The molecule has 0 aromatic heterocycles. The van der Waals surface area contributed by atoms with Crippen molar-refractivity contribution < 1.29 is 73.7 Å². The van der Waals surface area contributed by atoms with Gasteiger partial charge in [-0.15, -0.1) is 0 Å². The van der Waals surface area contributed by atoms with Gasteiger partial charge in [-0.2, -0.15) is 0 Å². The fourth-order valence-corrected chi connectivity index (χ4v) is 0. The molecule has 0 saturated carbocycles. The largest absolute Gasteiger partial charge is 2.00 e. The average molecular weight is 406 g/mol. The van der Waals surface area contributed by atoms with Crippen LogP contribution in [0.4, 0.5) is 0 Å². The van der Waals surface area contributed by atoms with E-state index in [1.165, 1.54) is 0 Å². The summed E-state index contributed by atoms with van der Waals surface area (Å²) in [6.07, 6.45) is 0. The minimum atomic E-state index is -1.22. The van der Waals surface area contributed by atoms with Gasteiger partial charge in [0.05, 0.1) is 23.9 Å². The van der Waals surface area contributed by atoms with E-state index in [1.807, 2.05) is 0 Å². The molecule has 0 rings (SSSR count). The molecule has 0 unspecified atom stereocenters. The molecular formula is C8H16Mn2N4O8. The predicted molar refractivity (Wildman–Crippen MR) is 56.2 cm³/mol. The normalized spacial score (nSPS) is 6.73. The van der Waals surface area contributed by atoms with Crippen molar-refractivity contribution in [2.45, 2.75) is 0 Å². The van der Waals surface area contributed by atoms with Gasteiger partial charge in [-0.25, -0.2) is 0 Å². The maximum Gasteiger partial charge on any atom is 2.00 e. The molecule has 0 atom stereocenters. The number of carbonyl (C=O) groups excluding carboxylic acids is 4. The Hall–Kier alpha value is -1.24. The average Bonchev–Trinajstić information content (AvgIpc) is 2.40. The standard InChI is InChI=1S/4C2H5NO2.2Mn/c4*3-1-2(4)5;;/h4*1,3H2,(H,4,5);;/q;;;;2*+2/p-4. The van der Waals surface area contributed by atoms with Crippen LogP contribution in [-0.4, -0.2) is 50.1 Å². The Labute approximate surface area is 147 Å². The van der Waals surface area contributed by atoms with Crippen molar-refractivity contribution in [1.29, 1.82) is 0 Å². The molecule has 0 amide bonds. The second kappa shape index (κ2) is 31.9. The van der Waals surface area contributed by atoms with E-state index >= 15 is 0 Å². The van der Waals surface area contributed by atoms with Crippen LogP contribution < -0.4 is 43.4 Å². The molecule has 0 saturated heterocycles. The second-order valence-corrected chi connectivity index (χ2v) is 2.30. The Bertz CT molecular complexity index is 237. The molecule has 0 fully saturated rings. The van der Waals surface area contributed by atoms with Gasteiger partial charge in [0.25, 0.3) is 0 Å². The first-order valence-electron chi connectivity index (χ1n) is 4.68. The van der Waals surface area contributed by atoms with E-state index in [9.17, 15) is 0 Å². The van der Waals surface area contributed by atoms with Crippen LogP contribution >= 0.6 is 0 Å². The third-order valence-corrected chi connectivity index (χ3v) is 0.667. The van der Waals surface area contributed by atoms with Crippen molar-refractivity contribution in [1.82, 2.24) is 0 Å². The molecule has 130 valence electrons. The van der Waals surface area contributed by atoms with Gasteiger partial charge >= 0.3 is 34.1 Å². The smallest absolute Gasteiger partial charge is 0.549 e. The quantitative estimate of drug-likeness (QED) is 0.317. The van der Waals surface area contributed by atoms with Crippen molar-refractivity contribution in [3.05, 3.63) is 0 Å². The molecule has 2 radical (unpaired) electrons. The Balaban J connectivity index is -0.0000000376. The zero-order valence-electron chi connectivity index (χ0n) is 11.2. The van der Waals surface area contributed by atoms with E-state index in [-0.39, 0.29) is 60.3 Å². The SMILES string of the molecule is NCC(=O)[O-].NCC(=O)[O-].NCC(=O)[O-].NCC(=O)[O-].[Mn+2].[Mn+2]. The van der Waals surface area contributed by atoms with Crippen molar-refractivity contribution >= 4 is 23.9 Å². The van der Waals surface area contributed by atoms with Gasteiger partial charge in [-0.3, -0.25) is 0 Å². The van der Waals surface area contributed by atoms with Crippen LogP contribution in [0, 0.1) is 0 Å². The summed E-state index contributed by atoms with van der Waals surface area (Å²) in [6, 6.07) is 0. The molecule has 8 N–H and O–H groups in total. The molecule has 0 aliphatic heterocycles. The Kier molecular flexibility index (Phi) is 54.0. The topological polar surface area (TPSA) is 265 Å².